The molecular weight excluding hydrogens is 262 g/mol. The van der Waals surface area contributed by atoms with Crippen LogP contribution in [0.2, 0.25) is 0 Å². The van der Waals surface area contributed by atoms with Crippen molar-refractivity contribution in [2.45, 2.75) is 57.4 Å². The number of hydrogen-bond donors (Lipinski definition) is 0. The van der Waals surface area contributed by atoms with Crippen LogP contribution in [0.1, 0.15) is 61.9 Å². The number of nitrogens with zero attached hydrogens (tertiary/aromatic N) is 1. The third-order valence-electron chi connectivity index (χ3n) is 4.99. The number of carbonyl (C=O) groups is 1. The Balaban J connectivity index is 1.87. The Morgan fingerprint density at radius 2 is 1.95 bits per heavy atom. The van der Waals surface area contributed by atoms with Gasteiger partial charge in [0.15, 0.2) is 0 Å². The number of ether oxygens (including phenoxy) is 1. The van der Waals surface area contributed by atoms with Crippen LogP contribution >= 0.6 is 0 Å². The highest BCUT2D eigenvalue weighted by Crippen LogP contribution is 2.41. The summed E-state index contributed by atoms with van der Waals surface area (Å²) in [7, 11) is 1.94. The number of hydrogen-bond acceptors (Lipinski definition) is 2. The van der Waals surface area contributed by atoms with E-state index in [0.717, 1.165) is 29.7 Å². The average Bonchev–Trinajstić information content (AvgIpc) is 2.82. The van der Waals surface area contributed by atoms with Gasteiger partial charge < -0.3 is 9.64 Å². The maximum Gasteiger partial charge on any atom is 0.257 e. The van der Waals surface area contributed by atoms with Gasteiger partial charge in [-0.15, -0.1) is 0 Å². The van der Waals surface area contributed by atoms with E-state index in [4.69, 9.17) is 4.74 Å². The van der Waals surface area contributed by atoms with Crippen molar-refractivity contribution in [1.29, 1.82) is 0 Å². The molecular formula is C18H25NO2. The maximum atomic E-state index is 12.9. The maximum absolute atomic E-state index is 12.9. The van der Waals surface area contributed by atoms with E-state index in [1.54, 1.807) is 0 Å². The van der Waals surface area contributed by atoms with Gasteiger partial charge in [-0.05, 0) is 18.9 Å². The van der Waals surface area contributed by atoms with Crippen molar-refractivity contribution in [3.8, 4) is 5.75 Å². The van der Waals surface area contributed by atoms with E-state index in [2.05, 4.69) is 19.9 Å². The predicted octanol–water partition coefficient (Wildman–Crippen LogP) is 3.76. The molecule has 0 atom stereocenters. The molecule has 3 nitrogen and oxygen atoms in total. The third-order valence-corrected chi connectivity index (χ3v) is 4.99. The van der Waals surface area contributed by atoms with Gasteiger partial charge in [0, 0.05) is 24.1 Å². The lowest BCUT2D eigenvalue weighted by atomic mass is 9.86. The number of benzene rings is 1. The largest absolute Gasteiger partial charge is 0.492 e. The monoisotopic (exact) mass is 287 g/mol. The van der Waals surface area contributed by atoms with Crippen LogP contribution in [0.3, 0.4) is 0 Å². The summed E-state index contributed by atoms with van der Waals surface area (Å²) in [6, 6.07) is 6.36. The summed E-state index contributed by atoms with van der Waals surface area (Å²) in [6.45, 7) is 4.98. The summed E-state index contributed by atoms with van der Waals surface area (Å²) in [5.74, 6) is 0.909. The lowest BCUT2D eigenvalue weighted by Crippen LogP contribution is -2.38. The number of para-hydroxylation sites is 1. The molecule has 1 saturated carbocycles. The number of amides is 1. The molecule has 0 spiro atoms. The molecule has 1 aliphatic heterocycles. The summed E-state index contributed by atoms with van der Waals surface area (Å²) in [5, 5.41) is 0. The van der Waals surface area contributed by atoms with Crippen LogP contribution in [0.15, 0.2) is 18.2 Å². The summed E-state index contributed by atoms with van der Waals surface area (Å²) in [6.07, 6.45) is 6.03. The first-order valence-electron chi connectivity index (χ1n) is 8.04. The minimum atomic E-state index is -0.00493. The molecule has 0 unspecified atom stereocenters. The highest BCUT2D eigenvalue weighted by atomic mass is 16.5. The zero-order valence-electron chi connectivity index (χ0n) is 13.3. The van der Waals surface area contributed by atoms with Crippen LogP contribution in [0.5, 0.6) is 5.75 Å². The topological polar surface area (TPSA) is 29.5 Å². The summed E-state index contributed by atoms with van der Waals surface area (Å²) in [5.41, 5.74) is 1.88. The Labute approximate surface area is 127 Å². The normalized spacial score (nSPS) is 20.7. The SMILES string of the molecule is CN(C(=O)c1cccc2c1OCC2(C)C)C1CCCCC1. The molecule has 1 aliphatic carbocycles. The Morgan fingerprint density at radius 1 is 1.24 bits per heavy atom. The van der Waals surface area contributed by atoms with Crippen LogP contribution in [0.4, 0.5) is 0 Å². The van der Waals surface area contributed by atoms with Gasteiger partial charge in [-0.2, -0.15) is 0 Å². The summed E-state index contributed by atoms with van der Waals surface area (Å²) in [4.78, 5) is 14.8. The fourth-order valence-corrected chi connectivity index (χ4v) is 3.55. The van der Waals surface area contributed by atoms with Crippen molar-refractivity contribution in [2.75, 3.05) is 13.7 Å². The van der Waals surface area contributed by atoms with Gasteiger partial charge >= 0.3 is 0 Å². The standard InChI is InChI=1S/C18H25NO2/c1-18(2)12-21-16-14(10-7-11-15(16)18)17(20)19(3)13-8-5-4-6-9-13/h7,10-11,13H,4-6,8-9,12H2,1-3H3. The quantitative estimate of drug-likeness (QED) is 0.829. The fraction of sp³-hybridized carbons (Fsp3) is 0.611. The smallest absolute Gasteiger partial charge is 0.257 e. The first-order chi connectivity index (χ1) is 10.0. The van der Waals surface area contributed by atoms with E-state index in [1.165, 1.54) is 19.3 Å². The Morgan fingerprint density at radius 3 is 2.67 bits per heavy atom. The number of carbonyl (C=O) groups excluding carboxylic acids is 1. The van der Waals surface area contributed by atoms with Gasteiger partial charge in [0.05, 0.1) is 12.2 Å². The fourth-order valence-electron chi connectivity index (χ4n) is 3.55. The lowest BCUT2D eigenvalue weighted by Gasteiger charge is -2.31. The first kappa shape index (κ1) is 14.4. The molecule has 3 rings (SSSR count). The Kier molecular flexibility index (Phi) is 3.68. The van der Waals surface area contributed by atoms with Crippen molar-refractivity contribution < 1.29 is 9.53 Å². The van der Waals surface area contributed by atoms with Crippen molar-refractivity contribution in [3.05, 3.63) is 29.3 Å². The van der Waals surface area contributed by atoms with Crippen LogP contribution in [-0.2, 0) is 5.41 Å². The molecule has 1 fully saturated rings. The van der Waals surface area contributed by atoms with Gasteiger partial charge in [0.25, 0.3) is 5.91 Å². The molecule has 1 aromatic rings. The molecule has 1 aromatic carbocycles. The average molecular weight is 287 g/mol. The number of fused-ring (bicyclic) bond motifs is 1. The van der Waals surface area contributed by atoms with Crippen LogP contribution in [-0.4, -0.2) is 30.5 Å². The van der Waals surface area contributed by atoms with Gasteiger partial charge in [-0.1, -0.05) is 45.2 Å². The molecule has 0 aromatic heterocycles. The molecule has 0 saturated heterocycles. The van der Waals surface area contributed by atoms with Crippen molar-refractivity contribution in [2.24, 2.45) is 0 Å². The molecule has 0 bridgehead atoms. The predicted molar refractivity (Wildman–Crippen MR) is 83.9 cm³/mol. The van der Waals surface area contributed by atoms with E-state index < -0.39 is 0 Å². The zero-order valence-corrected chi connectivity index (χ0v) is 13.3. The minimum Gasteiger partial charge on any atom is -0.492 e. The van der Waals surface area contributed by atoms with E-state index in [9.17, 15) is 4.79 Å². The van der Waals surface area contributed by atoms with Gasteiger partial charge in [-0.3, -0.25) is 4.79 Å². The van der Waals surface area contributed by atoms with Crippen LogP contribution < -0.4 is 4.74 Å². The molecule has 2 aliphatic rings. The van der Waals surface area contributed by atoms with Crippen molar-refractivity contribution in [3.63, 3.8) is 0 Å². The van der Waals surface area contributed by atoms with E-state index in [-0.39, 0.29) is 11.3 Å². The molecule has 0 N–H and O–H groups in total. The summed E-state index contributed by atoms with van der Waals surface area (Å²) < 4.78 is 5.86. The molecule has 1 amide bonds. The van der Waals surface area contributed by atoms with Crippen molar-refractivity contribution >= 4 is 5.91 Å². The third kappa shape index (κ3) is 2.54. The second kappa shape index (κ2) is 5.36. The minimum absolute atomic E-state index is 0.00493. The second-order valence-corrected chi connectivity index (χ2v) is 7.06. The molecule has 21 heavy (non-hydrogen) atoms. The van der Waals surface area contributed by atoms with Gasteiger partial charge in [0.2, 0.25) is 0 Å². The van der Waals surface area contributed by atoms with Crippen molar-refractivity contribution in [1.82, 2.24) is 4.90 Å². The molecule has 1 heterocycles. The van der Waals surface area contributed by atoms with Crippen LogP contribution in [0, 0.1) is 0 Å². The van der Waals surface area contributed by atoms with E-state index in [1.807, 2.05) is 24.1 Å². The summed E-state index contributed by atoms with van der Waals surface area (Å²) >= 11 is 0. The number of rotatable bonds is 2. The zero-order chi connectivity index (χ0) is 15.0. The molecule has 0 radical (unpaired) electrons. The van der Waals surface area contributed by atoms with Gasteiger partial charge in [-0.25, -0.2) is 0 Å². The molecule has 114 valence electrons. The van der Waals surface area contributed by atoms with Crippen LogP contribution in [0.25, 0.3) is 0 Å². The second-order valence-electron chi connectivity index (χ2n) is 7.06. The Bertz CT molecular complexity index is 544. The van der Waals surface area contributed by atoms with E-state index >= 15 is 0 Å². The highest BCUT2D eigenvalue weighted by Gasteiger charge is 2.35. The molecule has 3 heteroatoms. The van der Waals surface area contributed by atoms with E-state index in [0.29, 0.717) is 12.6 Å². The first-order valence-corrected chi connectivity index (χ1v) is 8.04. The Hall–Kier alpha value is -1.51. The van der Waals surface area contributed by atoms with Gasteiger partial charge in [0.1, 0.15) is 5.75 Å². The highest BCUT2D eigenvalue weighted by molar-refractivity contribution is 5.97. The lowest BCUT2D eigenvalue weighted by molar-refractivity contribution is 0.0692.